The van der Waals surface area contributed by atoms with E-state index in [0.717, 1.165) is 41.0 Å². The molecule has 5 saturated heterocycles. The van der Waals surface area contributed by atoms with Gasteiger partial charge in [0.05, 0.1) is 28.8 Å². The zero-order valence-corrected chi connectivity index (χ0v) is 39.5. The summed E-state index contributed by atoms with van der Waals surface area (Å²) in [6, 6.07) is 5.94. The summed E-state index contributed by atoms with van der Waals surface area (Å²) in [6.45, 7) is 13.7. The third-order valence-electron chi connectivity index (χ3n) is 14.1. The molecule has 17 nitrogen and oxygen atoms in total. The Morgan fingerprint density at radius 3 is 2.45 bits per heavy atom. The fourth-order valence-electron chi connectivity index (χ4n) is 10.4. The van der Waals surface area contributed by atoms with Crippen molar-refractivity contribution in [2.45, 2.75) is 155 Å². The zero-order valence-electron chi connectivity index (χ0n) is 38.7. The highest BCUT2D eigenvalue weighted by Gasteiger charge is 2.71. The number of nitrogens with zero attached hydrogens (tertiary/aromatic N) is 3. The number of aliphatic hydroxyl groups is 1. The number of ketones is 1. The van der Waals surface area contributed by atoms with Crippen LogP contribution in [0.3, 0.4) is 0 Å². The first-order valence-corrected chi connectivity index (χ1v) is 24.0. The highest BCUT2D eigenvalue weighted by molar-refractivity contribution is 7.13. The molecule has 2 bridgehead atoms. The number of aryl methyl sites for hydroxylation is 1. The molecule has 1 saturated carbocycles. The van der Waals surface area contributed by atoms with Crippen molar-refractivity contribution in [3.05, 3.63) is 41.0 Å². The Kier molecular flexibility index (Phi) is 14.9. The number of carbonyl (C=O) groups excluding carboxylic acids is 6. The highest BCUT2D eigenvalue weighted by atomic mass is 32.1. The lowest BCUT2D eigenvalue weighted by atomic mass is 9.57. The van der Waals surface area contributed by atoms with Crippen LogP contribution in [0.1, 0.15) is 117 Å². The fraction of sp³-hybridized carbons (Fsp3) is 0.681. The second kappa shape index (κ2) is 19.9. The Morgan fingerprint density at radius 2 is 1.74 bits per heavy atom. The first-order chi connectivity index (χ1) is 30.8. The number of nitrogens with one attached hydrogen (secondary N) is 3. The van der Waals surface area contributed by atoms with Crippen LogP contribution >= 0.6 is 11.3 Å². The van der Waals surface area contributed by atoms with E-state index in [9.17, 15) is 33.9 Å². The normalized spacial score (nSPS) is 30.0. The Balaban J connectivity index is 0.820. The number of amides is 5. The number of aromatic nitrogens is 1. The van der Waals surface area contributed by atoms with Crippen molar-refractivity contribution in [2.24, 2.45) is 29.1 Å². The quantitative estimate of drug-likeness (QED) is 0.128. The molecule has 5 aliphatic heterocycles. The van der Waals surface area contributed by atoms with Crippen molar-refractivity contribution in [2.75, 3.05) is 19.8 Å². The number of hydrazine groups is 1. The molecule has 10 atom stereocenters. The lowest BCUT2D eigenvalue weighted by Crippen LogP contribution is -2.77. The maximum absolute atomic E-state index is 14.0. The van der Waals surface area contributed by atoms with Gasteiger partial charge in [0.1, 0.15) is 17.9 Å². The van der Waals surface area contributed by atoms with Gasteiger partial charge >= 0.3 is 0 Å². The van der Waals surface area contributed by atoms with Crippen molar-refractivity contribution in [1.29, 1.82) is 0 Å². The van der Waals surface area contributed by atoms with Crippen molar-refractivity contribution in [3.8, 4) is 10.4 Å². The molecule has 5 amide bonds. The van der Waals surface area contributed by atoms with Crippen molar-refractivity contribution in [1.82, 2.24) is 31.0 Å². The van der Waals surface area contributed by atoms with Crippen LogP contribution in [0.25, 0.3) is 10.4 Å². The molecule has 4 N–H and O–H groups in total. The highest BCUT2D eigenvalue weighted by Crippen LogP contribution is 2.60. The average Bonchev–Trinajstić information content (AvgIpc) is 3.80. The molecule has 1 aliphatic carbocycles. The fourth-order valence-corrected chi connectivity index (χ4v) is 11.2. The predicted molar refractivity (Wildman–Crippen MR) is 237 cm³/mol. The Bertz CT molecular complexity index is 2090. The lowest BCUT2D eigenvalue weighted by Gasteiger charge is -2.61. The first-order valence-electron chi connectivity index (χ1n) is 23.1. The van der Waals surface area contributed by atoms with E-state index in [2.05, 4.69) is 28.0 Å². The zero-order chi connectivity index (χ0) is 46.8. The molecule has 1 aromatic carbocycles. The number of β-amino-alcohol motifs (C(OH)–C–C–N with tert-alkyl or cyclic N) is 1. The average molecular weight is 923 g/mol. The number of hydrogen-bond acceptors (Lipinski definition) is 13. The molecule has 8 rings (SSSR count). The third-order valence-corrected chi connectivity index (χ3v) is 15.0. The van der Waals surface area contributed by atoms with Crippen LogP contribution in [0.5, 0.6) is 0 Å². The van der Waals surface area contributed by atoms with Gasteiger partial charge in [-0.05, 0) is 67.9 Å². The monoisotopic (exact) mass is 922 g/mol. The van der Waals surface area contributed by atoms with Gasteiger partial charge in [-0.1, -0.05) is 58.9 Å². The first kappa shape index (κ1) is 48.6. The summed E-state index contributed by atoms with van der Waals surface area (Å²) in [5, 5.41) is 17.6. The van der Waals surface area contributed by atoms with Crippen molar-refractivity contribution < 1.29 is 53.1 Å². The number of piperidine rings is 1. The Labute approximate surface area is 384 Å². The van der Waals surface area contributed by atoms with E-state index >= 15 is 0 Å². The number of aliphatic hydroxyl groups excluding tert-OH is 1. The number of rotatable bonds is 17. The Hall–Kier alpha value is -4.33. The van der Waals surface area contributed by atoms with Gasteiger partial charge in [-0.2, -0.15) is 0 Å². The number of fused-ring (bicyclic) bond motifs is 2. The number of ether oxygens (including phenoxy) is 2. The largest absolute Gasteiger partial charge is 0.391 e. The van der Waals surface area contributed by atoms with Crippen LogP contribution in [0.2, 0.25) is 0 Å². The van der Waals surface area contributed by atoms with E-state index < -0.39 is 64.9 Å². The van der Waals surface area contributed by atoms with E-state index in [1.54, 1.807) is 23.8 Å². The molecular weight excluding hydrogens is 857 g/mol. The van der Waals surface area contributed by atoms with Crippen molar-refractivity contribution >= 4 is 46.7 Å². The number of benzene rings is 1. The molecule has 1 aromatic heterocycles. The molecule has 0 radical (unpaired) electrons. The molecule has 6 aliphatic rings. The molecule has 65 heavy (non-hydrogen) atoms. The molecule has 6 fully saturated rings. The molecular formula is C47H66N6O11S. The maximum atomic E-state index is 14.0. The van der Waals surface area contributed by atoms with Gasteiger partial charge in [0.2, 0.25) is 35.3 Å². The van der Waals surface area contributed by atoms with Crippen LogP contribution < -0.4 is 16.1 Å². The van der Waals surface area contributed by atoms with Crippen LogP contribution in [-0.4, -0.2) is 111 Å². The summed E-state index contributed by atoms with van der Waals surface area (Å²) in [7, 11) is 0. The van der Waals surface area contributed by atoms with E-state index in [0.29, 0.717) is 18.8 Å². The van der Waals surface area contributed by atoms with Crippen molar-refractivity contribution in [3.63, 3.8) is 0 Å². The SMILES string of the molecule is Cc1ncsc1-c1ccc(CNC(=O)C2CC(O)CN2C(=O)C(NC(=O)CCOCCCC(=O)CCC(=O)NN2C(=O)C(C)C3CCC(C)C4CCC5(C)OOC43C2O5)C(C)(C)C)cc1. The van der Waals surface area contributed by atoms with Gasteiger partial charge in [0.25, 0.3) is 0 Å². The van der Waals surface area contributed by atoms with Crippen LogP contribution in [0, 0.1) is 36.0 Å². The van der Waals surface area contributed by atoms with E-state index in [4.69, 9.17) is 19.2 Å². The minimum Gasteiger partial charge on any atom is -0.391 e. The second-order valence-electron chi connectivity index (χ2n) is 19.9. The second-order valence-corrected chi connectivity index (χ2v) is 20.8. The summed E-state index contributed by atoms with van der Waals surface area (Å²) < 4.78 is 12.1. The van der Waals surface area contributed by atoms with E-state index in [1.165, 1.54) is 9.91 Å². The molecule has 18 heteroatoms. The van der Waals surface area contributed by atoms with Gasteiger partial charge < -0.3 is 30.1 Å². The lowest BCUT2D eigenvalue weighted by molar-refractivity contribution is -0.549. The molecule has 2 aromatic rings. The Morgan fingerprint density at radius 1 is 0.985 bits per heavy atom. The summed E-state index contributed by atoms with van der Waals surface area (Å²) in [6.07, 6.45) is 1.87. The minimum atomic E-state index is -1.06. The van der Waals surface area contributed by atoms with Crippen LogP contribution in [-0.2, 0) is 54.6 Å². The number of hydrogen-bond donors (Lipinski definition) is 4. The molecule has 10 unspecified atom stereocenters. The minimum absolute atomic E-state index is 0.0248. The van der Waals surface area contributed by atoms with Gasteiger partial charge in [-0.15, -0.1) is 11.3 Å². The summed E-state index contributed by atoms with van der Waals surface area (Å²) in [5.74, 6) is -3.33. The van der Waals surface area contributed by atoms with Crippen LogP contribution in [0.15, 0.2) is 29.8 Å². The molecule has 356 valence electrons. The maximum Gasteiger partial charge on any atom is 0.246 e. The standard InChI is InChI=1S/C47H66N6O11S/c1-27-10-16-35-28(2)42(59)53(44-47(35)34(27)18-20-46(7,62-44)63-64-47)51-38(57)17-15-32(54)9-8-21-61-22-19-37(56)50-40(45(4,5)6)43(60)52-25-33(55)23-36(52)41(58)48-24-30-11-13-31(14-12-30)39-29(3)49-26-65-39/h11-14,26-28,33-36,40,44,55H,8-10,15-25H2,1-7H3,(H,48,58)(H,50,56)(H,51,57). The van der Waals surface area contributed by atoms with Crippen LogP contribution in [0.4, 0.5) is 0 Å². The molecule has 1 spiro atoms. The van der Waals surface area contributed by atoms with Gasteiger partial charge in [-0.3, -0.25) is 34.2 Å². The summed E-state index contributed by atoms with van der Waals surface area (Å²) in [4.78, 5) is 99.1. The van der Waals surface area contributed by atoms with Gasteiger partial charge in [0.15, 0.2) is 11.8 Å². The predicted octanol–water partition coefficient (Wildman–Crippen LogP) is 4.49. The van der Waals surface area contributed by atoms with Gasteiger partial charge in [-0.25, -0.2) is 19.8 Å². The summed E-state index contributed by atoms with van der Waals surface area (Å²) in [5.41, 5.74) is 5.81. The smallest absolute Gasteiger partial charge is 0.246 e. The van der Waals surface area contributed by atoms with E-state index in [1.807, 2.05) is 58.9 Å². The van der Waals surface area contributed by atoms with Gasteiger partial charge in [0, 0.05) is 70.1 Å². The number of thiazole rings is 1. The topological polar surface area (TPSA) is 215 Å². The molecule has 6 heterocycles. The number of carbonyl (C=O) groups is 6. The number of Topliss-reactive ketones (excluding diaryl/α,β-unsaturated/α-hetero) is 1. The third kappa shape index (κ3) is 10.5. The van der Waals surface area contributed by atoms with E-state index in [-0.39, 0.29) is 87.8 Å². The summed E-state index contributed by atoms with van der Waals surface area (Å²) >= 11 is 1.56. The number of likely N-dealkylation sites (tertiary alicyclic amines) is 1.